The molecular weight excluding hydrogens is 337 g/mol. The number of rotatable bonds is 5. The standard InChI is InChI=1S/C18H18FN5O2/c1-26-16-5-3-2-4-14(16)12-6-7-13(15(19)10-12)11-22-18(21)24-23-17(25)8-9-20/h2-7,10H,8,11H2,1H3,(H,23,25)(H3,21,22,24). The minimum absolute atomic E-state index is 0.00894. The summed E-state index contributed by atoms with van der Waals surface area (Å²) < 4.78 is 19.6. The first kappa shape index (κ1) is 18.7. The third kappa shape index (κ3) is 4.95. The first-order chi connectivity index (χ1) is 12.5. The van der Waals surface area contributed by atoms with Gasteiger partial charge in [-0.3, -0.25) is 15.6 Å². The largest absolute Gasteiger partial charge is 0.496 e. The number of amides is 1. The van der Waals surface area contributed by atoms with Crippen LogP contribution in [0.1, 0.15) is 12.0 Å². The number of hydrazine groups is 1. The number of benzene rings is 2. The molecule has 4 N–H and O–H groups in total. The molecule has 26 heavy (non-hydrogen) atoms. The number of nitrogens with zero attached hydrogens (tertiary/aromatic N) is 2. The minimum Gasteiger partial charge on any atom is -0.496 e. The topological polar surface area (TPSA) is 113 Å². The average Bonchev–Trinajstić information content (AvgIpc) is 2.65. The summed E-state index contributed by atoms with van der Waals surface area (Å²) in [6, 6.07) is 13.8. The molecule has 0 aliphatic carbocycles. The molecule has 2 aromatic carbocycles. The van der Waals surface area contributed by atoms with Crippen molar-refractivity contribution in [3.05, 3.63) is 53.8 Å². The number of ether oxygens (including phenoxy) is 1. The van der Waals surface area contributed by atoms with Gasteiger partial charge in [-0.1, -0.05) is 30.3 Å². The number of halogens is 1. The van der Waals surface area contributed by atoms with E-state index in [1.54, 1.807) is 31.4 Å². The van der Waals surface area contributed by atoms with Crippen molar-refractivity contribution >= 4 is 11.9 Å². The van der Waals surface area contributed by atoms with Gasteiger partial charge in [0.05, 0.1) is 19.7 Å². The maximum absolute atomic E-state index is 14.4. The van der Waals surface area contributed by atoms with Crippen molar-refractivity contribution in [2.75, 3.05) is 7.11 Å². The number of carbonyl (C=O) groups excluding carboxylic acids is 1. The normalized spacial score (nSPS) is 10.7. The number of carbonyl (C=O) groups is 1. The molecule has 0 aliphatic rings. The Kier molecular flexibility index (Phi) is 6.51. The molecule has 0 fully saturated rings. The van der Waals surface area contributed by atoms with Gasteiger partial charge in [0.25, 0.3) is 5.91 Å². The van der Waals surface area contributed by atoms with Gasteiger partial charge in [0.2, 0.25) is 5.96 Å². The maximum Gasteiger partial charge on any atom is 0.252 e. The fourth-order valence-corrected chi connectivity index (χ4v) is 2.19. The predicted molar refractivity (Wildman–Crippen MR) is 95.2 cm³/mol. The molecule has 8 heteroatoms. The zero-order valence-corrected chi connectivity index (χ0v) is 14.1. The van der Waals surface area contributed by atoms with Gasteiger partial charge in [0.15, 0.2) is 0 Å². The maximum atomic E-state index is 14.4. The highest BCUT2D eigenvalue weighted by atomic mass is 19.1. The molecule has 134 valence electrons. The molecule has 7 nitrogen and oxygen atoms in total. The fourth-order valence-electron chi connectivity index (χ4n) is 2.19. The summed E-state index contributed by atoms with van der Waals surface area (Å²) in [5.74, 6) is -0.416. The third-order valence-electron chi connectivity index (χ3n) is 3.46. The lowest BCUT2D eigenvalue weighted by molar-refractivity contribution is -0.120. The van der Waals surface area contributed by atoms with Crippen molar-refractivity contribution in [3.8, 4) is 22.9 Å². The molecule has 0 radical (unpaired) electrons. The lowest BCUT2D eigenvalue weighted by atomic mass is 10.0. The fraction of sp³-hybridized carbons (Fsp3) is 0.167. The van der Waals surface area contributed by atoms with Crippen LogP contribution in [0.3, 0.4) is 0 Å². The number of methoxy groups -OCH3 is 1. The van der Waals surface area contributed by atoms with E-state index < -0.39 is 11.7 Å². The van der Waals surface area contributed by atoms with E-state index in [4.69, 9.17) is 15.7 Å². The van der Waals surface area contributed by atoms with Crippen LogP contribution in [-0.2, 0) is 11.3 Å². The Morgan fingerprint density at radius 3 is 2.77 bits per heavy atom. The second-order valence-electron chi connectivity index (χ2n) is 5.22. The zero-order chi connectivity index (χ0) is 18.9. The van der Waals surface area contributed by atoms with Gasteiger partial charge in [-0.25, -0.2) is 9.38 Å². The van der Waals surface area contributed by atoms with E-state index in [1.807, 2.05) is 18.2 Å². The molecule has 1 amide bonds. The number of nitriles is 1. The highest BCUT2D eigenvalue weighted by Gasteiger charge is 2.09. The Bertz CT molecular complexity index is 861. The highest BCUT2D eigenvalue weighted by molar-refractivity contribution is 5.83. The lowest BCUT2D eigenvalue weighted by Crippen LogP contribution is -2.45. The molecule has 2 rings (SSSR count). The SMILES string of the molecule is COc1ccccc1-c1ccc(CN=C(N)NNC(=O)CC#N)c(F)c1. The quantitative estimate of drug-likeness (QED) is 0.430. The number of hydrogen-bond acceptors (Lipinski definition) is 4. The predicted octanol–water partition coefficient (Wildman–Crippen LogP) is 1.85. The monoisotopic (exact) mass is 355 g/mol. The van der Waals surface area contributed by atoms with Crippen molar-refractivity contribution in [1.29, 1.82) is 5.26 Å². The molecule has 0 saturated carbocycles. The van der Waals surface area contributed by atoms with Gasteiger partial charge in [-0.2, -0.15) is 5.26 Å². The van der Waals surface area contributed by atoms with Gasteiger partial charge in [0.1, 0.15) is 18.0 Å². The summed E-state index contributed by atoms with van der Waals surface area (Å²) in [5.41, 5.74) is 11.9. The minimum atomic E-state index is -0.544. The second kappa shape index (κ2) is 9.03. The highest BCUT2D eigenvalue weighted by Crippen LogP contribution is 2.30. The first-order valence-corrected chi connectivity index (χ1v) is 7.68. The smallest absolute Gasteiger partial charge is 0.252 e. The second-order valence-corrected chi connectivity index (χ2v) is 5.22. The summed E-state index contributed by atoms with van der Waals surface area (Å²) in [7, 11) is 1.56. The molecule has 2 aromatic rings. The number of nitrogens with one attached hydrogen (secondary N) is 2. The van der Waals surface area contributed by atoms with E-state index in [0.717, 1.165) is 5.56 Å². The number of para-hydroxylation sites is 1. The van der Waals surface area contributed by atoms with Crippen molar-refractivity contribution in [2.24, 2.45) is 10.7 Å². The van der Waals surface area contributed by atoms with Crippen LogP contribution in [0, 0.1) is 17.1 Å². The summed E-state index contributed by atoms with van der Waals surface area (Å²) in [6.07, 6.45) is -0.306. The van der Waals surface area contributed by atoms with Crippen molar-refractivity contribution in [2.45, 2.75) is 13.0 Å². The number of hydrogen-bond donors (Lipinski definition) is 3. The number of aliphatic imine (C=N–C) groups is 1. The Morgan fingerprint density at radius 2 is 2.08 bits per heavy atom. The van der Waals surface area contributed by atoms with E-state index in [9.17, 15) is 9.18 Å². The molecule has 0 heterocycles. The molecular formula is C18H18FN5O2. The summed E-state index contributed by atoms with van der Waals surface area (Å²) in [5, 5.41) is 8.37. The van der Waals surface area contributed by atoms with E-state index >= 15 is 0 Å². The molecule has 0 unspecified atom stereocenters. The van der Waals surface area contributed by atoms with Gasteiger partial charge in [-0.05, 0) is 17.7 Å². The molecule has 0 saturated heterocycles. The van der Waals surface area contributed by atoms with Crippen LogP contribution in [0.4, 0.5) is 4.39 Å². The average molecular weight is 355 g/mol. The van der Waals surface area contributed by atoms with E-state index in [2.05, 4.69) is 15.8 Å². The van der Waals surface area contributed by atoms with Crippen molar-refractivity contribution in [1.82, 2.24) is 10.9 Å². The third-order valence-corrected chi connectivity index (χ3v) is 3.46. The molecule has 0 aromatic heterocycles. The van der Waals surface area contributed by atoms with Gasteiger partial charge in [-0.15, -0.1) is 0 Å². The number of guanidine groups is 1. The van der Waals surface area contributed by atoms with Crippen LogP contribution < -0.4 is 21.3 Å². The Hall–Kier alpha value is -3.60. The molecule has 0 aliphatic heterocycles. The van der Waals surface area contributed by atoms with Crippen LogP contribution in [0.15, 0.2) is 47.5 Å². The molecule has 0 atom stereocenters. The van der Waals surface area contributed by atoms with Gasteiger partial charge in [0, 0.05) is 11.1 Å². The molecule has 0 spiro atoms. The summed E-state index contributed by atoms with van der Waals surface area (Å²) >= 11 is 0. The van der Waals surface area contributed by atoms with Crippen LogP contribution >= 0.6 is 0 Å². The van der Waals surface area contributed by atoms with Crippen molar-refractivity contribution < 1.29 is 13.9 Å². The Balaban J connectivity index is 2.07. The van der Waals surface area contributed by atoms with Crippen LogP contribution in [0.25, 0.3) is 11.1 Å². The lowest BCUT2D eigenvalue weighted by Gasteiger charge is -2.10. The first-order valence-electron chi connectivity index (χ1n) is 7.68. The number of nitrogens with two attached hydrogens (primary N) is 1. The Labute approximate surface area is 150 Å². The molecule has 0 bridgehead atoms. The van der Waals surface area contributed by atoms with Crippen LogP contribution in [0.5, 0.6) is 5.75 Å². The van der Waals surface area contributed by atoms with E-state index in [1.165, 1.54) is 6.07 Å². The zero-order valence-electron chi connectivity index (χ0n) is 14.1. The van der Waals surface area contributed by atoms with Crippen LogP contribution in [0.2, 0.25) is 0 Å². The van der Waals surface area contributed by atoms with E-state index in [0.29, 0.717) is 16.9 Å². The van der Waals surface area contributed by atoms with Crippen molar-refractivity contribution in [3.63, 3.8) is 0 Å². The van der Waals surface area contributed by atoms with E-state index in [-0.39, 0.29) is 18.9 Å². The summed E-state index contributed by atoms with van der Waals surface area (Å²) in [4.78, 5) is 15.1. The van der Waals surface area contributed by atoms with Crippen LogP contribution in [-0.4, -0.2) is 19.0 Å². The Morgan fingerprint density at radius 1 is 1.31 bits per heavy atom. The summed E-state index contributed by atoms with van der Waals surface area (Å²) in [6.45, 7) is -0.00894. The van der Waals surface area contributed by atoms with Gasteiger partial charge < -0.3 is 10.5 Å². The van der Waals surface area contributed by atoms with Gasteiger partial charge >= 0.3 is 0 Å².